The summed E-state index contributed by atoms with van der Waals surface area (Å²) in [4.78, 5) is 38.4. The largest absolute Gasteiger partial charge is 0.464 e. The van der Waals surface area contributed by atoms with Crippen molar-refractivity contribution in [1.29, 1.82) is 0 Å². The van der Waals surface area contributed by atoms with E-state index in [1.165, 1.54) is 13.2 Å². The van der Waals surface area contributed by atoms with Crippen molar-refractivity contribution in [1.82, 2.24) is 9.88 Å². The molecule has 3 aromatic rings. The Morgan fingerprint density at radius 1 is 1.19 bits per heavy atom. The fourth-order valence-corrected chi connectivity index (χ4v) is 3.84. The predicted octanol–water partition coefficient (Wildman–Crippen LogP) is 2.22. The van der Waals surface area contributed by atoms with Gasteiger partial charge in [0.2, 0.25) is 0 Å². The van der Waals surface area contributed by atoms with E-state index in [2.05, 4.69) is 5.32 Å². The van der Waals surface area contributed by atoms with Crippen LogP contribution in [0.25, 0.3) is 11.0 Å². The zero-order chi connectivity index (χ0) is 22.2. The first-order chi connectivity index (χ1) is 14.8. The Hall–Kier alpha value is -3.23. The van der Waals surface area contributed by atoms with Crippen LogP contribution in [0.4, 0.5) is 0 Å². The molecule has 0 spiro atoms. The van der Waals surface area contributed by atoms with Gasteiger partial charge in [0, 0.05) is 37.2 Å². The number of benzene rings is 1. The first-order valence-electron chi connectivity index (χ1n) is 9.93. The van der Waals surface area contributed by atoms with Crippen molar-refractivity contribution < 1.29 is 28.3 Å². The van der Waals surface area contributed by atoms with E-state index < -0.39 is 17.2 Å². The van der Waals surface area contributed by atoms with Gasteiger partial charge in [0.1, 0.15) is 11.1 Å². The molecule has 0 saturated carbocycles. The molecule has 0 radical (unpaired) electrons. The molecule has 1 fully saturated rings. The molecule has 1 saturated heterocycles. The highest BCUT2D eigenvalue weighted by Crippen LogP contribution is 2.22. The van der Waals surface area contributed by atoms with Gasteiger partial charge in [-0.1, -0.05) is 6.07 Å². The second-order valence-corrected chi connectivity index (χ2v) is 7.97. The summed E-state index contributed by atoms with van der Waals surface area (Å²) in [7, 11) is 3.24. The molecule has 8 heteroatoms. The van der Waals surface area contributed by atoms with E-state index in [-0.39, 0.29) is 24.4 Å². The van der Waals surface area contributed by atoms with Gasteiger partial charge in [-0.25, -0.2) is 0 Å². The number of aromatic nitrogens is 1. The molecule has 1 amide bonds. The van der Waals surface area contributed by atoms with Crippen molar-refractivity contribution in [2.24, 2.45) is 7.05 Å². The Morgan fingerprint density at radius 3 is 2.65 bits per heavy atom. The van der Waals surface area contributed by atoms with Crippen LogP contribution < -0.4 is 5.32 Å². The second-order valence-electron chi connectivity index (χ2n) is 7.97. The molecular weight excluding hydrogens is 400 g/mol. The maximum absolute atomic E-state index is 12.9. The number of ketones is 2. The van der Waals surface area contributed by atoms with Gasteiger partial charge in [-0.2, -0.15) is 0 Å². The first kappa shape index (κ1) is 21.0. The van der Waals surface area contributed by atoms with Crippen molar-refractivity contribution >= 4 is 28.4 Å². The highest BCUT2D eigenvalue weighted by molar-refractivity contribution is 6.43. The van der Waals surface area contributed by atoms with E-state index in [9.17, 15) is 14.4 Å². The topological polar surface area (TPSA) is 99.8 Å². The molecule has 162 valence electrons. The number of carbonyl (C=O) groups is 3. The molecule has 2 aromatic heterocycles. The molecule has 0 atom stereocenters. The number of amides is 1. The summed E-state index contributed by atoms with van der Waals surface area (Å²) in [6, 6.07) is 8.91. The maximum atomic E-state index is 12.9. The Balaban J connectivity index is 1.52. The van der Waals surface area contributed by atoms with Crippen molar-refractivity contribution in [3.8, 4) is 0 Å². The van der Waals surface area contributed by atoms with Crippen LogP contribution in [0.15, 0.2) is 41.0 Å². The summed E-state index contributed by atoms with van der Waals surface area (Å²) in [5, 5.41) is 3.65. The molecule has 31 heavy (non-hydrogen) atoms. The third-order valence-corrected chi connectivity index (χ3v) is 5.71. The van der Waals surface area contributed by atoms with Gasteiger partial charge in [0.25, 0.3) is 11.7 Å². The molecule has 1 N–H and O–H groups in total. The van der Waals surface area contributed by atoms with Crippen LogP contribution in [-0.2, 0) is 27.7 Å². The van der Waals surface area contributed by atoms with Gasteiger partial charge in [-0.3, -0.25) is 14.4 Å². The number of fused-ring (bicyclic) bond motifs is 1. The van der Waals surface area contributed by atoms with Crippen molar-refractivity contribution in [3.05, 3.63) is 59.1 Å². The average molecular weight is 424 g/mol. The third-order valence-electron chi connectivity index (χ3n) is 5.71. The lowest BCUT2D eigenvalue weighted by Crippen LogP contribution is -2.65. The van der Waals surface area contributed by atoms with Gasteiger partial charge >= 0.3 is 0 Å². The lowest BCUT2D eigenvalue weighted by Gasteiger charge is -2.41. The van der Waals surface area contributed by atoms with Crippen LogP contribution in [-0.4, -0.2) is 54.5 Å². The molecular formula is C23H24N2O6. The molecule has 8 nitrogen and oxygen atoms in total. The number of furan rings is 1. The number of ether oxygens (including phenoxy) is 2. The Kier molecular flexibility index (Phi) is 5.51. The molecule has 1 aromatic carbocycles. The number of nitrogens with zero attached hydrogens (tertiary/aromatic N) is 1. The van der Waals surface area contributed by atoms with E-state index in [1.807, 2.05) is 24.3 Å². The van der Waals surface area contributed by atoms with Crippen LogP contribution in [0.1, 0.15) is 32.1 Å². The first-order valence-corrected chi connectivity index (χ1v) is 9.93. The third kappa shape index (κ3) is 3.92. The molecule has 3 heterocycles. The fraction of sp³-hybridized carbons (Fsp3) is 0.348. The number of carbonyl (C=O) groups excluding carboxylic acids is 3. The number of hydrogen-bond donors (Lipinski definition) is 1. The van der Waals surface area contributed by atoms with Crippen molar-refractivity contribution in [2.45, 2.75) is 18.9 Å². The fourth-order valence-electron chi connectivity index (χ4n) is 3.84. The lowest BCUT2D eigenvalue weighted by atomic mass is 9.97. The van der Waals surface area contributed by atoms with Crippen molar-refractivity contribution in [3.63, 3.8) is 0 Å². The van der Waals surface area contributed by atoms with E-state index in [1.54, 1.807) is 24.8 Å². The van der Waals surface area contributed by atoms with Gasteiger partial charge in [0.05, 0.1) is 31.8 Å². The van der Waals surface area contributed by atoms with E-state index in [4.69, 9.17) is 13.9 Å². The standard InChI is InChI=1S/C23H24N2O6/c1-14-17(21(27)22(28)24-23(11-29-3)12-30-13-23)10-18(25(14)2)19(26)9-15-4-5-20-16(8-15)6-7-31-20/h4-8,10H,9,11-13H2,1-3H3,(H,24,28). The van der Waals surface area contributed by atoms with E-state index in [0.29, 0.717) is 24.6 Å². The predicted molar refractivity (Wildman–Crippen MR) is 112 cm³/mol. The summed E-state index contributed by atoms with van der Waals surface area (Å²) < 4.78 is 17.3. The van der Waals surface area contributed by atoms with Gasteiger partial charge in [0.15, 0.2) is 5.78 Å². The number of rotatable bonds is 8. The monoisotopic (exact) mass is 424 g/mol. The zero-order valence-electron chi connectivity index (χ0n) is 17.7. The summed E-state index contributed by atoms with van der Waals surface area (Å²) >= 11 is 0. The SMILES string of the molecule is COCC1(NC(=O)C(=O)c2cc(C(=O)Cc3ccc4occc4c3)n(C)c2C)COC1. The number of methoxy groups -OCH3 is 1. The van der Waals surface area contributed by atoms with Gasteiger partial charge < -0.3 is 23.8 Å². The van der Waals surface area contributed by atoms with Gasteiger partial charge in [-0.15, -0.1) is 0 Å². The minimum absolute atomic E-state index is 0.142. The quantitative estimate of drug-likeness (QED) is 0.440. The van der Waals surface area contributed by atoms with Crippen LogP contribution in [0.2, 0.25) is 0 Å². The Morgan fingerprint density at radius 2 is 1.97 bits per heavy atom. The second kappa shape index (κ2) is 8.13. The van der Waals surface area contributed by atoms with E-state index >= 15 is 0 Å². The molecule has 1 aliphatic rings. The molecule has 0 unspecified atom stereocenters. The normalized spacial score (nSPS) is 14.9. The van der Waals surface area contributed by atoms with Crippen LogP contribution >= 0.6 is 0 Å². The lowest BCUT2D eigenvalue weighted by molar-refractivity contribution is -0.135. The zero-order valence-corrected chi connectivity index (χ0v) is 17.7. The molecule has 4 rings (SSSR count). The summed E-state index contributed by atoms with van der Waals surface area (Å²) in [6.45, 7) is 2.55. The summed E-state index contributed by atoms with van der Waals surface area (Å²) in [5.74, 6) is -1.57. The smallest absolute Gasteiger partial charge is 0.293 e. The van der Waals surface area contributed by atoms with E-state index in [0.717, 1.165) is 16.5 Å². The summed E-state index contributed by atoms with van der Waals surface area (Å²) in [6.07, 6.45) is 1.78. The number of hydrogen-bond acceptors (Lipinski definition) is 6. The Bertz CT molecular complexity index is 1170. The highest BCUT2D eigenvalue weighted by atomic mass is 16.5. The highest BCUT2D eigenvalue weighted by Gasteiger charge is 2.41. The summed E-state index contributed by atoms with van der Waals surface area (Å²) in [5.41, 5.74) is 2.05. The average Bonchev–Trinajstić information content (AvgIpc) is 3.30. The number of Topliss-reactive ketones (excluding diaryl/α,β-unsaturated/α-hetero) is 2. The maximum Gasteiger partial charge on any atom is 0.293 e. The van der Waals surface area contributed by atoms with Crippen LogP contribution in [0, 0.1) is 6.92 Å². The van der Waals surface area contributed by atoms with Crippen LogP contribution in [0.5, 0.6) is 0 Å². The Labute approximate surface area is 179 Å². The van der Waals surface area contributed by atoms with Crippen molar-refractivity contribution in [2.75, 3.05) is 26.9 Å². The molecule has 1 aliphatic heterocycles. The number of nitrogens with one attached hydrogen (secondary N) is 1. The van der Waals surface area contributed by atoms with Crippen LogP contribution in [0.3, 0.4) is 0 Å². The van der Waals surface area contributed by atoms with Gasteiger partial charge in [-0.05, 0) is 36.8 Å². The minimum Gasteiger partial charge on any atom is -0.464 e. The molecule has 0 bridgehead atoms. The minimum atomic E-state index is -0.738. The molecule has 0 aliphatic carbocycles.